The third-order valence-electron chi connectivity index (χ3n) is 5.84. The number of aromatic nitrogens is 2. The molecule has 0 unspecified atom stereocenters. The van der Waals surface area contributed by atoms with Gasteiger partial charge in [-0.3, -0.25) is 9.59 Å². The van der Waals surface area contributed by atoms with Crippen LogP contribution in [-0.2, 0) is 4.74 Å². The molecule has 37 heavy (non-hydrogen) atoms. The van der Waals surface area contributed by atoms with Gasteiger partial charge in [-0.1, -0.05) is 12.1 Å². The quantitative estimate of drug-likeness (QED) is 0.358. The minimum atomic E-state index is -0.805. The number of nitrogens with zero attached hydrogens (tertiary/aromatic N) is 5. The van der Waals surface area contributed by atoms with Crippen molar-refractivity contribution in [3.8, 4) is 17.5 Å². The number of anilines is 3. The number of morpholine rings is 1. The van der Waals surface area contributed by atoms with Crippen molar-refractivity contribution in [3.05, 3.63) is 65.4 Å². The van der Waals surface area contributed by atoms with E-state index in [2.05, 4.69) is 20.2 Å². The smallest absolute Gasteiger partial charge is 0.266 e. The topological polar surface area (TPSA) is 111 Å². The number of carbonyl (C=O) groups is 2. The van der Waals surface area contributed by atoms with Crippen LogP contribution in [0.5, 0.6) is 0 Å². The number of hydrogen-bond donors (Lipinski definition) is 1. The molecule has 1 saturated heterocycles. The van der Waals surface area contributed by atoms with Crippen LogP contribution >= 0.6 is 11.8 Å². The Morgan fingerprint density at radius 3 is 2.62 bits per heavy atom. The van der Waals surface area contributed by atoms with E-state index < -0.39 is 11.9 Å². The summed E-state index contributed by atoms with van der Waals surface area (Å²) in [5, 5.41) is 11.7. The van der Waals surface area contributed by atoms with Crippen LogP contribution in [0.2, 0.25) is 0 Å². The van der Waals surface area contributed by atoms with E-state index in [1.165, 1.54) is 7.05 Å². The van der Waals surface area contributed by atoms with Crippen LogP contribution in [0.3, 0.4) is 0 Å². The number of carbonyl (C=O) groups excluding carboxylic acids is 2. The number of amides is 1. The van der Waals surface area contributed by atoms with E-state index in [0.717, 1.165) is 21.7 Å². The highest BCUT2D eigenvalue weighted by atomic mass is 32.2. The van der Waals surface area contributed by atoms with Crippen molar-refractivity contribution in [1.82, 2.24) is 14.9 Å². The molecular weight excluding hydrogens is 495 g/mol. The van der Waals surface area contributed by atoms with Gasteiger partial charge in [0.1, 0.15) is 6.01 Å². The number of rotatable bonds is 7. The molecule has 1 fully saturated rings. The minimum Gasteiger partial charge on any atom is -0.378 e. The average molecular weight is 521 g/mol. The maximum Gasteiger partial charge on any atom is 0.266 e. The van der Waals surface area contributed by atoms with Gasteiger partial charge in [0.15, 0.2) is 6.19 Å². The van der Waals surface area contributed by atoms with Gasteiger partial charge in [0.2, 0.25) is 11.1 Å². The molecule has 1 aliphatic rings. The van der Waals surface area contributed by atoms with E-state index in [4.69, 9.17) is 10.00 Å². The van der Waals surface area contributed by atoms with Crippen LogP contribution in [0.1, 0.15) is 26.3 Å². The summed E-state index contributed by atoms with van der Waals surface area (Å²) in [4.78, 5) is 36.9. The van der Waals surface area contributed by atoms with Crippen molar-refractivity contribution < 1.29 is 18.7 Å². The maximum absolute atomic E-state index is 13.0. The van der Waals surface area contributed by atoms with Crippen LogP contribution in [0, 0.1) is 18.4 Å². The molecule has 1 aromatic heterocycles. The molecule has 1 N–H and O–H groups in total. The second kappa shape index (κ2) is 11.8. The number of benzene rings is 2. The zero-order valence-electron chi connectivity index (χ0n) is 20.4. The molecule has 0 bridgehead atoms. The lowest BCUT2D eigenvalue weighted by Gasteiger charge is -2.30. The Kier molecular flexibility index (Phi) is 8.32. The highest BCUT2D eigenvalue weighted by molar-refractivity contribution is 8.14. The first kappa shape index (κ1) is 26.1. The first-order chi connectivity index (χ1) is 17.9. The molecule has 2 heterocycles. The highest BCUT2D eigenvalue weighted by Crippen LogP contribution is 2.30. The predicted octanol–water partition coefficient (Wildman–Crippen LogP) is 4.39. The summed E-state index contributed by atoms with van der Waals surface area (Å²) in [5.41, 5.74) is 4.40. The van der Waals surface area contributed by atoms with Crippen molar-refractivity contribution in [2.24, 2.45) is 0 Å². The SMILES string of the molecule is Cc1cnc(Nc2ccc(N3CCOCC3)c(C(=O)SCF)c2)nc1-c1ccc(C(=O)N(C)C#N)cc1. The van der Waals surface area contributed by atoms with Gasteiger partial charge in [-0.05, 0) is 54.6 Å². The van der Waals surface area contributed by atoms with Gasteiger partial charge in [-0.2, -0.15) is 5.26 Å². The molecule has 0 aliphatic carbocycles. The number of aryl methyl sites for hydroxylation is 1. The van der Waals surface area contributed by atoms with Gasteiger partial charge >= 0.3 is 0 Å². The number of ether oxygens (including phenoxy) is 1. The lowest BCUT2D eigenvalue weighted by molar-refractivity contribution is 0.0858. The molecule has 0 spiro atoms. The van der Waals surface area contributed by atoms with Crippen LogP contribution in [0.25, 0.3) is 11.3 Å². The summed E-state index contributed by atoms with van der Waals surface area (Å²) in [6.45, 7) is 4.30. The van der Waals surface area contributed by atoms with E-state index in [-0.39, 0.29) is 5.12 Å². The third kappa shape index (κ3) is 6.04. The number of thioether (sulfide) groups is 1. The van der Waals surface area contributed by atoms with Crippen molar-refractivity contribution in [2.45, 2.75) is 6.92 Å². The Morgan fingerprint density at radius 2 is 1.95 bits per heavy atom. The molecule has 2 aromatic carbocycles. The Labute approximate surface area is 218 Å². The molecule has 9 nitrogen and oxygen atoms in total. The zero-order chi connectivity index (χ0) is 26.4. The summed E-state index contributed by atoms with van der Waals surface area (Å²) < 4.78 is 18.4. The second-order valence-electron chi connectivity index (χ2n) is 8.26. The molecule has 11 heteroatoms. The fourth-order valence-electron chi connectivity index (χ4n) is 3.92. The van der Waals surface area contributed by atoms with E-state index in [1.54, 1.807) is 42.7 Å². The lowest BCUT2D eigenvalue weighted by atomic mass is 10.1. The van der Waals surface area contributed by atoms with Gasteiger partial charge in [-0.25, -0.2) is 19.3 Å². The lowest BCUT2D eigenvalue weighted by Crippen LogP contribution is -2.37. The van der Waals surface area contributed by atoms with E-state index in [0.29, 0.717) is 66.5 Å². The normalized spacial score (nSPS) is 13.1. The first-order valence-electron chi connectivity index (χ1n) is 11.5. The molecule has 4 rings (SSSR count). The largest absolute Gasteiger partial charge is 0.378 e. The molecule has 1 aliphatic heterocycles. The van der Waals surface area contributed by atoms with Crippen molar-refractivity contribution in [1.29, 1.82) is 5.26 Å². The summed E-state index contributed by atoms with van der Waals surface area (Å²) in [7, 11) is 1.41. The molecule has 0 radical (unpaired) electrons. The van der Waals surface area contributed by atoms with Crippen molar-refractivity contribution in [2.75, 3.05) is 49.6 Å². The summed E-state index contributed by atoms with van der Waals surface area (Å²) in [5.74, 6) is -0.0757. The summed E-state index contributed by atoms with van der Waals surface area (Å²) >= 11 is 0.618. The van der Waals surface area contributed by atoms with Gasteiger partial charge in [-0.15, -0.1) is 0 Å². The van der Waals surface area contributed by atoms with Gasteiger partial charge in [0, 0.05) is 48.8 Å². The third-order valence-corrected chi connectivity index (χ3v) is 6.43. The molecule has 0 atom stereocenters. The second-order valence-corrected chi connectivity index (χ2v) is 9.14. The van der Waals surface area contributed by atoms with Gasteiger partial charge in [0.05, 0.1) is 24.5 Å². The standard InChI is InChI=1S/C26H25FN6O3S/c1-17-14-29-26(31-23(17)18-3-5-19(6-4-18)24(34)32(2)16-28)30-20-7-8-22(33-9-11-36-12-10-33)21(13-20)25(35)37-15-27/h3-8,13-14H,9-12,15H2,1-2H3,(H,29,30,31). The average Bonchev–Trinajstić information content (AvgIpc) is 2.94. The predicted molar refractivity (Wildman–Crippen MR) is 141 cm³/mol. The van der Waals surface area contributed by atoms with E-state index >= 15 is 0 Å². The minimum absolute atomic E-state index is 0.320. The van der Waals surface area contributed by atoms with Crippen LogP contribution in [-0.4, -0.2) is 65.2 Å². The van der Waals surface area contributed by atoms with E-state index in [1.807, 2.05) is 19.1 Å². The Bertz CT molecular complexity index is 1340. The van der Waals surface area contributed by atoms with Crippen LogP contribution in [0.4, 0.5) is 21.7 Å². The molecule has 3 aromatic rings. The van der Waals surface area contributed by atoms with Crippen molar-refractivity contribution >= 4 is 40.1 Å². The zero-order valence-corrected chi connectivity index (χ0v) is 21.2. The number of alkyl halides is 1. The molecule has 1 amide bonds. The van der Waals surface area contributed by atoms with Crippen LogP contribution in [0.15, 0.2) is 48.7 Å². The number of nitriles is 1. The monoisotopic (exact) mass is 520 g/mol. The highest BCUT2D eigenvalue weighted by Gasteiger charge is 2.20. The van der Waals surface area contributed by atoms with E-state index in [9.17, 15) is 14.0 Å². The maximum atomic E-state index is 13.0. The number of nitrogens with one attached hydrogen (secondary N) is 1. The summed E-state index contributed by atoms with van der Waals surface area (Å²) in [6, 6.07) is 11.4. The van der Waals surface area contributed by atoms with Gasteiger partial charge in [0.25, 0.3) is 5.91 Å². The van der Waals surface area contributed by atoms with Crippen LogP contribution < -0.4 is 10.2 Å². The van der Waals surface area contributed by atoms with Crippen molar-refractivity contribution in [3.63, 3.8) is 0 Å². The first-order valence-corrected chi connectivity index (χ1v) is 12.5. The Balaban J connectivity index is 1.60. The molecule has 190 valence electrons. The Morgan fingerprint density at radius 1 is 1.22 bits per heavy atom. The number of halogens is 1. The fourth-order valence-corrected chi connectivity index (χ4v) is 4.34. The molecular formula is C26H25FN6O3S. The summed E-state index contributed by atoms with van der Waals surface area (Å²) in [6.07, 6.45) is 3.48. The number of hydrogen-bond acceptors (Lipinski definition) is 9. The Hall–Kier alpha value is -4.01. The van der Waals surface area contributed by atoms with Gasteiger partial charge < -0.3 is 15.0 Å². The molecule has 0 saturated carbocycles. The fraction of sp³-hybridized carbons (Fsp3) is 0.269.